The SMILES string of the molecule is Cc1ccc(SCCNC(=O)C(C)C(C)N)cc1. The first-order valence-electron chi connectivity index (χ1n) is 6.23. The molecule has 0 spiro atoms. The first-order chi connectivity index (χ1) is 8.50. The van der Waals surface area contributed by atoms with Gasteiger partial charge in [0.2, 0.25) is 5.91 Å². The molecule has 1 aromatic carbocycles. The Kier molecular flexibility index (Phi) is 6.22. The fourth-order valence-corrected chi connectivity index (χ4v) is 2.15. The van der Waals surface area contributed by atoms with Crippen LogP contribution in [-0.2, 0) is 4.79 Å². The van der Waals surface area contributed by atoms with Crippen LogP contribution in [0.25, 0.3) is 0 Å². The van der Waals surface area contributed by atoms with Gasteiger partial charge in [-0.1, -0.05) is 24.6 Å². The zero-order valence-corrected chi connectivity index (χ0v) is 12.1. The van der Waals surface area contributed by atoms with Gasteiger partial charge in [-0.25, -0.2) is 0 Å². The van der Waals surface area contributed by atoms with Crippen LogP contribution in [0.3, 0.4) is 0 Å². The summed E-state index contributed by atoms with van der Waals surface area (Å²) < 4.78 is 0. The maximum absolute atomic E-state index is 11.6. The molecular formula is C14H22N2OS. The van der Waals surface area contributed by atoms with E-state index in [-0.39, 0.29) is 17.9 Å². The number of hydrogen-bond donors (Lipinski definition) is 2. The molecule has 1 rings (SSSR count). The van der Waals surface area contributed by atoms with Crippen molar-refractivity contribution in [2.45, 2.75) is 31.7 Å². The summed E-state index contributed by atoms with van der Waals surface area (Å²) in [7, 11) is 0. The molecule has 3 nitrogen and oxygen atoms in total. The molecule has 0 bridgehead atoms. The van der Waals surface area contributed by atoms with Crippen molar-refractivity contribution in [1.29, 1.82) is 0 Å². The van der Waals surface area contributed by atoms with E-state index >= 15 is 0 Å². The molecule has 1 aromatic rings. The summed E-state index contributed by atoms with van der Waals surface area (Å²) in [6.07, 6.45) is 0. The van der Waals surface area contributed by atoms with Crippen molar-refractivity contribution < 1.29 is 4.79 Å². The molecule has 18 heavy (non-hydrogen) atoms. The van der Waals surface area contributed by atoms with Crippen LogP contribution in [0.15, 0.2) is 29.2 Å². The van der Waals surface area contributed by atoms with Crippen LogP contribution in [0.1, 0.15) is 19.4 Å². The highest BCUT2D eigenvalue weighted by molar-refractivity contribution is 7.99. The van der Waals surface area contributed by atoms with Crippen LogP contribution in [0.4, 0.5) is 0 Å². The highest BCUT2D eigenvalue weighted by atomic mass is 32.2. The van der Waals surface area contributed by atoms with Crippen LogP contribution < -0.4 is 11.1 Å². The number of thioether (sulfide) groups is 1. The molecule has 2 atom stereocenters. The molecule has 100 valence electrons. The average Bonchev–Trinajstić information content (AvgIpc) is 2.35. The van der Waals surface area contributed by atoms with E-state index in [0.717, 1.165) is 5.75 Å². The largest absolute Gasteiger partial charge is 0.355 e. The lowest BCUT2D eigenvalue weighted by molar-refractivity contribution is -0.124. The van der Waals surface area contributed by atoms with Crippen molar-refractivity contribution in [2.75, 3.05) is 12.3 Å². The lowest BCUT2D eigenvalue weighted by atomic mass is 10.0. The third-order valence-corrected chi connectivity index (χ3v) is 3.91. The molecular weight excluding hydrogens is 244 g/mol. The fraction of sp³-hybridized carbons (Fsp3) is 0.500. The minimum Gasteiger partial charge on any atom is -0.355 e. The summed E-state index contributed by atoms with van der Waals surface area (Å²) in [6.45, 7) is 6.46. The Labute approximate surface area is 114 Å². The van der Waals surface area contributed by atoms with Crippen LogP contribution in [0, 0.1) is 12.8 Å². The zero-order valence-electron chi connectivity index (χ0n) is 11.3. The molecule has 0 radical (unpaired) electrons. The lowest BCUT2D eigenvalue weighted by Crippen LogP contribution is -2.39. The number of aryl methyl sites for hydroxylation is 1. The van der Waals surface area contributed by atoms with Crippen molar-refractivity contribution in [3.63, 3.8) is 0 Å². The molecule has 2 unspecified atom stereocenters. The summed E-state index contributed by atoms with van der Waals surface area (Å²) in [6, 6.07) is 8.30. The van der Waals surface area contributed by atoms with Gasteiger partial charge in [-0.2, -0.15) is 0 Å². The highest BCUT2D eigenvalue weighted by Gasteiger charge is 2.15. The predicted molar refractivity (Wildman–Crippen MR) is 77.7 cm³/mol. The van der Waals surface area contributed by atoms with Gasteiger partial charge in [0.05, 0.1) is 0 Å². The second-order valence-corrected chi connectivity index (χ2v) is 5.77. The van der Waals surface area contributed by atoms with Crippen molar-refractivity contribution >= 4 is 17.7 Å². The third-order valence-electron chi connectivity index (χ3n) is 2.89. The van der Waals surface area contributed by atoms with E-state index in [0.29, 0.717) is 6.54 Å². The van der Waals surface area contributed by atoms with Gasteiger partial charge in [0.15, 0.2) is 0 Å². The number of hydrogen-bond acceptors (Lipinski definition) is 3. The molecule has 0 aliphatic rings. The van der Waals surface area contributed by atoms with Gasteiger partial charge < -0.3 is 11.1 Å². The van der Waals surface area contributed by atoms with Crippen LogP contribution in [0.5, 0.6) is 0 Å². The van der Waals surface area contributed by atoms with Crippen molar-refractivity contribution in [3.8, 4) is 0 Å². The molecule has 0 saturated heterocycles. The van der Waals surface area contributed by atoms with Gasteiger partial charge in [0.25, 0.3) is 0 Å². The van der Waals surface area contributed by atoms with Crippen molar-refractivity contribution in [3.05, 3.63) is 29.8 Å². The molecule has 3 N–H and O–H groups in total. The molecule has 1 amide bonds. The number of nitrogens with two attached hydrogens (primary N) is 1. The van der Waals surface area contributed by atoms with E-state index in [4.69, 9.17) is 5.73 Å². The minimum absolute atomic E-state index is 0.0366. The Bertz CT molecular complexity index is 376. The molecule has 0 heterocycles. The average molecular weight is 266 g/mol. The van der Waals surface area contributed by atoms with E-state index in [1.165, 1.54) is 10.5 Å². The lowest BCUT2D eigenvalue weighted by Gasteiger charge is -2.15. The fourth-order valence-electron chi connectivity index (χ4n) is 1.38. The topological polar surface area (TPSA) is 55.1 Å². The molecule has 0 aromatic heterocycles. The summed E-state index contributed by atoms with van der Waals surface area (Å²) in [5, 5.41) is 2.91. The number of carbonyl (C=O) groups is 1. The maximum atomic E-state index is 11.6. The second-order valence-electron chi connectivity index (χ2n) is 4.60. The monoisotopic (exact) mass is 266 g/mol. The summed E-state index contributed by atoms with van der Waals surface area (Å²) in [4.78, 5) is 12.9. The Hall–Kier alpha value is -1.00. The second kappa shape index (κ2) is 7.44. The molecule has 0 aliphatic heterocycles. The quantitative estimate of drug-likeness (QED) is 0.613. The third kappa shape index (κ3) is 5.10. The molecule has 0 aliphatic carbocycles. The number of amides is 1. The predicted octanol–water partition coefficient (Wildman–Crippen LogP) is 2.19. The Morgan fingerprint density at radius 1 is 1.33 bits per heavy atom. The normalized spacial score (nSPS) is 14.0. The van der Waals surface area contributed by atoms with E-state index in [9.17, 15) is 4.79 Å². The summed E-state index contributed by atoms with van der Waals surface area (Å²) >= 11 is 1.75. The Balaban J connectivity index is 2.23. The van der Waals surface area contributed by atoms with Gasteiger partial charge in [0.1, 0.15) is 0 Å². The van der Waals surface area contributed by atoms with Gasteiger partial charge in [-0.05, 0) is 26.0 Å². The van der Waals surface area contributed by atoms with E-state index in [1.807, 2.05) is 13.8 Å². The van der Waals surface area contributed by atoms with Crippen LogP contribution >= 0.6 is 11.8 Å². The van der Waals surface area contributed by atoms with Gasteiger partial charge in [-0.3, -0.25) is 4.79 Å². The Morgan fingerprint density at radius 2 is 1.94 bits per heavy atom. The maximum Gasteiger partial charge on any atom is 0.224 e. The Morgan fingerprint density at radius 3 is 2.50 bits per heavy atom. The summed E-state index contributed by atoms with van der Waals surface area (Å²) in [5.74, 6) is 0.782. The van der Waals surface area contributed by atoms with E-state index < -0.39 is 0 Å². The van der Waals surface area contributed by atoms with Crippen LogP contribution in [-0.4, -0.2) is 24.2 Å². The number of carbonyl (C=O) groups excluding carboxylic acids is 1. The molecule has 4 heteroatoms. The van der Waals surface area contributed by atoms with Crippen molar-refractivity contribution in [1.82, 2.24) is 5.32 Å². The van der Waals surface area contributed by atoms with Crippen LogP contribution in [0.2, 0.25) is 0 Å². The smallest absolute Gasteiger partial charge is 0.224 e. The summed E-state index contributed by atoms with van der Waals surface area (Å²) in [5.41, 5.74) is 6.94. The van der Waals surface area contributed by atoms with Crippen molar-refractivity contribution in [2.24, 2.45) is 11.7 Å². The number of rotatable bonds is 6. The minimum atomic E-state index is -0.130. The number of benzene rings is 1. The molecule has 0 fully saturated rings. The van der Waals surface area contributed by atoms with Gasteiger partial charge >= 0.3 is 0 Å². The highest BCUT2D eigenvalue weighted by Crippen LogP contribution is 2.17. The zero-order chi connectivity index (χ0) is 13.5. The first kappa shape index (κ1) is 15.1. The number of nitrogens with one attached hydrogen (secondary N) is 1. The van der Waals surface area contributed by atoms with Gasteiger partial charge in [0, 0.05) is 29.2 Å². The van der Waals surface area contributed by atoms with E-state index in [1.54, 1.807) is 11.8 Å². The van der Waals surface area contributed by atoms with E-state index in [2.05, 4.69) is 36.5 Å². The first-order valence-corrected chi connectivity index (χ1v) is 7.22. The standard InChI is InChI=1S/C14H22N2OS/c1-10-4-6-13(7-5-10)18-9-8-16-14(17)11(2)12(3)15/h4-7,11-12H,8-9,15H2,1-3H3,(H,16,17). The molecule has 0 saturated carbocycles. The van der Waals surface area contributed by atoms with Gasteiger partial charge in [-0.15, -0.1) is 11.8 Å².